The van der Waals surface area contributed by atoms with Crippen LogP contribution in [0.5, 0.6) is 0 Å². The summed E-state index contributed by atoms with van der Waals surface area (Å²) < 4.78 is 0. The van der Waals surface area contributed by atoms with Gasteiger partial charge in [0.2, 0.25) is 5.91 Å². The molecule has 0 aromatic rings. The highest BCUT2D eigenvalue weighted by Crippen LogP contribution is 2.25. The molecule has 2 heterocycles. The first-order chi connectivity index (χ1) is 10.7. The molecule has 1 amide bonds. The van der Waals surface area contributed by atoms with E-state index < -0.39 is 0 Å². The molecule has 2 saturated heterocycles. The van der Waals surface area contributed by atoms with Crippen molar-refractivity contribution in [1.29, 1.82) is 0 Å². The molecule has 4 nitrogen and oxygen atoms in total. The number of hydrogen-bond acceptors (Lipinski definition) is 3. The Hall–Kier alpha value is -0.610. The summed E-state index contributed by atoms with van der Waals surface area (Å²) >= 11 is 0. The number of carbonyl (C=O) groups excluding carboxylic acids is 1. The zero-order valence-electron chi connectivity index (χ0n) is 14.9. The number of hydrogen-bond donors (Lipinski definition) is 0. The van der Waals surface area contributed by atoms with E-state index in [0.717, 1.165) is 26.1 Å². The quantitative estimate of drug-likeness (QED) is 0.754. The lowest BCUT2D eigenvalue weighted by atomic mass is 9.92. The van der Waals surface area contributed by atoms with Crippen LogP contribution in [-0.2, 0) is 4.79 Å². The highest BCUT2D eigenvalue weighted by molar-refractivity contribution is 5.79. The third kappa shape index (κ3) is 4.45. The largest absolute Gasteiger partial charge is 0.343 e. The zero-order valence-corrected chi connectivity index (χ0v) is 14.9. The fourth-order valence-electron chi connectivity index (χ4n) is 4.16. The summed E-state index contributed by atoms with van der Waals surface area (Å²) in [5.74, 6) is 0.625. The Balaban J connectivity index is 1.84. The number of piperidine rings is 2. The first-order valence-electron chi connectivity index (χ1n) is 9.44. The summed E-state index contributed by atoms with van der Waals surface area (Å²) in [5.41, 5.74) is 0. The lowest BCUT2D eigenvalue weighted by molar-refractivity contribution is -0.137. The minimum absolute atomic E-state index is 0.238. The summed E-state index contributed by atoms with van der Waals surface area (Å²) in [5, 5.41) is 0. The SMILES string of the molecule is CCCN1CCC(N2CCC[C@@H](C(=O)N(CC)CC)C2)CC1. The number of nitrogens with zero attached hydrogens (tertiary/aromatic N) is 3. The van der Waals surface area contributed by atoms with Gasteiger partial charge < -0.3 is 9.80 Å². The van der Waals surface area contributed by atoms with Crippen molar-refractivity contribution in [3.63, 3.8) is 0 Å². The summed E-state index contributed by atoms with van der Waals surface area (Å²) in [7, 11) is 0. The van der Waals surface area contributed by atoms with Gasteiger partial charge in [0.1, 0.15) is 0 Å². The molecule has 2 aliphatic rings. The Morgan fingerprint density at radius 3 is 2.32 bits per heavy atom. The molecule has 0 saturated carbocycles. The average Bonchev–Trinajstić information content (AvgIpc) is 2.57. The van der Waals surface area contributed by atoms with Gasteiger partial charge in [-0.1, -0.05) is 6.92 Å². The Labute approximate surface area is 136 Å². The van der Waals surface area contributed by atoms with E-state index in [1.54, 1.807) is 0 Å². The second kappa shape index (κ2) is 8.88. The van der Waals surface area contributed by atoms with E-state index in [2.05, 4.69) is 30.6 Å². The molecule has 0 aliphatic carbocycles. The van der Waals surface area contributed by atoms with Gasteiger partial charge in [-0.05, 0) is 72.1 Å². The molecule has 0 aromatic carbocycles. The van der Waals surface area contributed by atoms with Gasteiger partial charge in [-0.2, -0.15) is 0 Å². The van der Waals surface area contributed by atoms with Gasteiger partial charge in [-0.15, -0.1) is 0 Å². The molecular weight excluding hydrogens is 274 g/mol. The van der Waals surface area contributed by atoms with Gasteiger partial charge in [0.05, 0.1) is 5.92 Å². The van der Waals surface area contributed by atoms with Crippen molar-refractivity contribution in [2.45, 2.75) is 58.9 Å². The van der Waals surface area contributed by atoms with E-state index in [1.807, 2.05) is 4.90 Å². The lowest BCUT2D eigenvalue weighted by Gasteiger charge is -2.42. The van der Waals surface area contributed by atoms with E-state index in [-0.39, 0.29) is 5.92 Å². The predicted octanol–water partition coefficient (Wildman–Crippen LogP) is 2.44. The molecule has 2 aliphatic heterocycles. The van der Waals surface area contributed by atoms with E-state index in [1.165, 1.54) is 51.9 Å². The Kier molecular flexibility index (Phi) is 7.16. The van der Waals surface area contributed by atoms with Gasteiger partial charge in [0.25, 0.3) is 0 Å². The van der Waals surface area contributed by atoms with Crippen LogP contribution in [-0.4, -0.2) is 72.5 Å². The number of rotatable bonds is 6. The van der Waals surface area contributed by atoms with Crippen molar-refractivity contribution in [3.8, 4) is 0 Å². The Morgan fingerprint density at radius 2 is 1.73 bits per heavy atom. The van der Waals surface area contributed by atoms with E-state index in [4.69, 9.17) is 0 Å². The first kappa shape index (κ1) is 17.7. The zero-order chi connectivity index (χ0) is 15.9. The van der Waals surface area contributed by atoms with Crippen molar-refractivity contribution in [1.82, 2.24) is 14.7 Å². The van der Waals surface area contributed by atoms with Crippen LogP contribution in [0.4, 0.5) is 0 Å². The van der Waals surface area contributed by atoms with Crippen LogP contribution in [0.15, 0.2) is 0 Å². The fourth-order valence-corrected chi connectivity index (χ4v) is 4.16. The first-order valence-corrected chi connectivity index (χ1v) is 9.44. The highest BCUT2D eigenvalue weighted by Gasteiger charge is 2.32. The lowest BCUT2D eigenvalue weighted by Crippen LogP contribution is -2.51. The van der Waals surface area contributed by atoms with E-state index in [0.29, 0.717) is 11.9 Å². The molecule has 22 heavy (non-hydrogen) atoms. The molecule has 0 unspecified atom stereocenters. The van der Waals surface area contributed by atoms with Crippen LogP contribution in [0.3, 0.4) is 0 Å². The monoisotopic (exact) mass is 309 g/mol. The number of likely N-dealkylation sites (tertiary alicyclic amines) is 2. The molecular formula is C18H35N3O. The topological polar surface area (TPSA) is 26.8 Å². The molecule has 0 aromatic heterocycles. The van der Waals surface area contributed by atoms with Crippen LogP contribution in [0, 0.1) is 5.92 Å². The normalized spacial score (nSPS) is 25.3. The van der Waals surface area contributed by atoms with E-state index >= 15 is 0 Å². The van der Waals surface area contributed by atoms with Gasteiger partial charge in [0, 0.05) is 25.7 Å². The predicted molar refractivity (Wildman–Crippen MR) is 92.0 cm³/mol. The van der Waals surface area contributed by atoms with Crippen molar-refractivity contribution in [2.75, 3.05) is 45.8 Å². The van der Waals surface area contributed by atoms with Crippen LogP contribution in [0.2, 0.25) is 0 Å². The molecule has 1 atom stereocenters. The van der Waals surface area contributed by atoms with Crippen LogP contribution in [0.25, 0.3) is 0 Å². The summed E-state index contributed by atoms with van der Waals surface area (Å²) in [4.78, 5) is 19.8. The number of amides is 1. The molecule has 4 heteroatoms. The molecule has 2 fully saturated rings. The van der Waals surface area contributed by atoms with Gasteiger partial charge in [0.15, 0.2) is 0 Å². The molecule has 0 N–H and O–H groups in total. The second-order valence-electron chi connectivity index (χ2n) is 6.92. The van der Waals surface area contributed by atoms with E-state index in [9.17, 15) is 4.79 Å². The smallest absolute Gasteiger partial charge is 0.226 e. The van der Waals surface area contributed by atoms with Crippen LogP contribution < -0.4 is 0 Å². The van der Waals surface area contributed by atoms with Crippen molar-refractivity contribution >= 4 is 5.91 Å². The Bertz CT molecular complexity index is 335. The van der Waals surface area contributed by atoms with Crippen LogP contribution in [0.1, 0.15) is 52.9 Å². The molecule has 0 bridgehead atoms. The Morgan fingerprint density at radius 1 is 1.05 bits per heavy atom. The maximum atomic E-state index is 12.6. The van der Waals surface area contributed by atoms with Gasteiger partial charge in [-0.25, -0.2) is 0 Å². The average molecular weight is 309 g/mol. The second-order valence-corrected chi connectivity index (χ2v) is 6.92. The standard InChI is InChI=1S/C18H35N3O/c1-4-11-19-13-9-17(10-14-19)21-12-7-8-16(15-21)18(22)20(5-2)6-3/h16-17H,4-15H2,1-3H3/t16-/m1/s1. The van der Waals surface area contributed by atoms with Crippen molar-refractivity contribution < 1.29 is 4.79 Å². The minimum Gasteiger partial charge on any atom is -0.343 e. The van der Waals surface area contributed by atoms with Gasteiger partial charge in [-0.3, -0.25) is 9.69 Å². The minimum atomic E-state index is 0.238. The molecule has 2 rings (SSSR count). The maximum absolute atomic E-state index is 12.6. The maximum Gasteiger partial charge on any atom is 0.226 e. The highest BCUT2D eigenvalue weighted by atomic mass is 16.2. The fraction of sp³-hybridized carbons (Fsp3) is 0.944. The third-order valence-corrected chi connectivity index (χ3v) is 5.49. The summed E-state index contributed by atoms with van der Waals surface area (Å²) in [6.45, 7) is 14.1. The molecule has 128 valence electrons. The molecule has 0 spiro atoms. The van der Waals surface area contributed by atoms with Crippen molar-refractivity contribution in [3.05, 3.63) is 0 Å². The van der Waals surface area contributed by atoms with Crippen LogP contribution >= 0.6 is 0 Å². The summed E-state index contributed by atoms with van der Waals surface area (Å²) in [6, 6.07) is 0.709. The molecule has 0 radical (unpaired) electrons. The third-order valence-electron chi connectivity index (χ3n) is 5.49. The van der Waals surface area contributed by atoms with Crippen molar-refractivity contribution in [2.24, 2.45) is 5.92 Å². The van der Waals surface area contributed by atoms with Gasteiger partial charge >= 0.3 is 0 Å². The summed E-state index contributed by atoms with van der Waals surface area (Å²) in [6.07, 6.45) is 6.10. The number of carbonyl (C=O) groups is 1.